The number of benzene rings is 1. The van der Waals surface area contributed by atoms with Crippen LogP contribution in [0.4, 0.5) is 11.4 Å². The van der Waals surface area contributed by atoms with Crippen LogP contribution in [-0.2, 0) is 9.59 Å². The van der Waals surface area contributed by atoms with E-state index in [1.165, 1.54) is 18.4 Å². The lowest BCUT2D eigenvalue weighted by molar-refractivity contribution is -0.118. The molecule has 122 valence electrons. The lowest BCUT2D eigenvalue weighted by atomic mass is 9.96. The second kappa shape index (κ2) is 6.99. The fraction of sp³-hybridized carbons (Fsp3) is 0.474. The van der Waals surface area contributed by atoms with Gasteiger partial charge in [0, 0.05) is 26.4 Å². The zero-order valence-corrected chi connectivity index (χ0v) is 13.8. The molecule has 23 heavy (non-hydrogen) atoms. The van der Waals surface area contributed by atoms with Gasteiger partial charge in [0.2, 0.25) is 11.8 Å². The molecular formula is C19H24N2O2. The van der Waals surface area contributed by atoms with E-state index in [1.807, 2.05) is 29.2 Å². The number of carbonyl (C=O) groups excluding carboxylic acids is 2. The molecule has 0 atom stereocenters. The van der Waals surface area contributed by atoms with Crippen molar-refractivity contribution in [3.05, 3.63) is 35.9 Å². The largest absolute Gasteiger partial charge is 0.311 e. The Kier molecular flexibility index (Phi) is 4.79. The van der Waals surface area contributed by atoms with Gasteiger partial charge in [-0.05, 0) is 44.2 Å². The minimum Gasteiger partial charge on any atom is -0.311 e. The van der Waals surface area contributed by atoms with Gasteiger partial charge < -0.3 is 9.80 Å². The zero-order valence-electron chi connectivity index (χ0n) is 13.8. The number of para-hydroxylation sites is 2. The summed E-state index contributed by atoms with van der Waals surface area (Å²) in [6.45, 7) is 2.92. The summed E-state index contributed by atoms with van der Waals surface area (Å²) in [6.07, 6.45) is 8.10. The van der Waals surface area contributed by atoms with Crippen molar-refractivity contribution >= 4 is 23.2 Å². The Morgan fingerprint density at radius 1 is 1.00 bits per heavy atom. The fourth-order valence-corrected chi connectivity index (χ4v) is 3.49. The summed E-state index contributed by atoms with van der Waals surface area (Å²) in [6, 6.07) is 7.74. The molecule has 0 saturated carbocycles. The molecule has 4 heteroatoms. The highest BCUT2D eigenvalue weighted by molar-refractivity contribution is 6.02. The summed E-state index contributed by atoms with van der Waals surface area (Å²) in [7, 11) is 0. The maximum Gasteiger partial charge on any atom is 0.231 e. The summed E-state index contributed by atoms with van der Waals surface area (Å²) in [5.74, 6) is 0.178. The van der Waals surface area contributed by atoms with Gasteiger partial charge in [0.05, 0.1) is 11.4 Å². The van der Waals surface area contributed by atoms with Crippen LogP contribution in [0, 0.1) is 0 Å². The highest BCUT2D eigenvalue weighted by Gasteiger charge is 2.26. The fourth-order valence-electron chi connectivity index (χ4n) is 3.49. The van der Waals surface area contributed by atoms with Gasteiger partial charge in [-0.3, -0.25) is 9.59 Å². The Labute approximate surface area is 137 Å². The first kappa shape index (κ1) is 15.8. The van der Waals surface area contributed by atoms with Gasteiger partial charge >= 0.3 is 0 Å². The van der Waals surface area contributed by atoms with Crippen LogP contribution in [0.25, 0.3) is 0 Å². The van der Waals surface area contributed by atoms with Crippen molar-refractivity contribution < 1.29 is 9.59 Å². The molecule has 0 radical (unpaired) electrons. The van der Waals surface area contributed by atoms with E-state index in [4.69, 9.17) is 0 Å². The number of amides is 2. The monoisotopic (exact) mass is 312 g/mol. The van der Waals surface area contributed by atoms with Gasteiger partial charge in [-0.25, -0.2) is 0 Å². The van der Waals surface area contributed by atoms with Crippen molar-refractivity contribution in [2.75, 3.05) is 22.9 Å². The van der Waals surface area contributed by atoms with Gasteiger partial charge in [-0.15, -0.1) is 0 Å². The number of nitrogens with zero attached hydrogens (tertiary/aromatic N) is 2. The summed E-state index contributed by atoms with van der Waals surface area (Å²) >= 11 is 0. The number of allylic oxidation sites excluding steroid dienone is 1. The van der Waals surface area contributed by atoms with Gasteiger partial charge in [0.25, 0.3) is 0 Å². The summed E-state index contributed by atoms with van der Waals surface area (Å²) in [5, 5.41) is 0. The van der Waals surface area contributed by atoms with E-state index in [9.17, 15) is 9.59 Å². The number of fused-ring (bicyclic) bond motifs is 1. The van der Waals surface area contributed by atoms with E-state index < -0.39 is 0 Å². The number of rotatable bonds is 2. The molecule has 1 aromatic carbocycles. The molecule has 1 aromatic rings. The second-order valence-electron chi connectivity index (χ2n) is 6.34. The molecule has 0 spiro atoms. The lowest BCUT2D eigenvalue weighted by Crippen LogP contribution is -2.31. The predicted octanol–water partition coefficient (Wildman–Crippen LogP) is 3.67. The van der Waals surface area contributed by atoms with Gasteiger partial charge in [0.15, 0.2) is 0 Å². The van der Waals surface area contributed by atoms with Crippen molar-refractivity contribution in [3.8, 4) is 0 Å². The van der Waals surface area contributed by atoms with Crippen molar-refractivity contribution in [3.63, 3.8) is 0 Å². The normalized spacial score (nSPS) is 18.0. The number of hydrogen-bond donors (Lipinski definition) is 0. The molecule has 1 aliphatic carbocycles. The topological polar surface area (TPSA) is 40.6 Å². The van der Waals surface area contributed by atoms with Crippen LogP contribution >= 0.6 is 0 Å². The third-order valence-electron chi connectivity index (χ3n) is 4.67. The quantitative estimate of drug-likeness (QED) is 0.782. The molecule has 0 fully saturated rings. The van der Waals surface area contributed by atoms with Crippen LogP contribution in [0.3, 0.4) is 0 Å². The molecule has 2 aliphatic rings. The van der Waals surface area contributed by atoms with Crippen LogP contribution in [-0.4, -0.2) is 24.9 Å². The van der Waals surface area contributed by atoms with E-state index in [0.717, 1.165) is 30.6 Å². The molecule has 0 N–H and O–H groups in total. The molecule has 4 nitrogen and oxygen atoms in total. The van der Waals surface area contributed by atoms with Crippen LogP contribution in [0.5, 0.6) is 0 Å². The van der Waals surface area contributed by atoms with Crippen molar-refractivity contribution in [1.82, 2.24) is 0 Å². The first-order valence-corrected chi connectivity index (χ1v) is 8.52. The number of carbonyl (C=O) groups is 2. The number of anilines is 2. The second-order valence-corrected chi connectivity index (χ2v) is 6.34. The molecule has 0 aromatic heterocycles. The molecular weight excluding hydrogens is 288 g/mol. The Hall–Kier alpha value is -2.10. The SMILES string of the molecule is CC(=O)N1CCCN(C(=O)CC2=CCCCC2)c2ccccc21. The Balaban J connectivity index is 1.86. The molecule has 0 unspecified atom stereocenters. The first-order chi connectivity index (χ1) is 11.2. The molecule has 1 aliphatic heterocycles. The Morgan fingerprint density at radius 3 is 2.35 bits per heavy atom. The summed E-state index contributed by atoms with van der Waals surface area (Å²) in [5.41, 5.74) is 2.98. The molecule has 0 saturated heterocycles. The van der Waals surface area contributed by atoms with Crippen molar-refractivity contribution in [2.24, 2.45) is 0 Å². The van der Waals surface area contributed by atoms with E-state index in [2.05, 4.69) is 6.08 Å². The van der Waals surface area contributed by atoms with Crippen LogP contribution in [0.2, 0.25) is 0 Å². The Morgan fingerprint density at radius 2 is 1.70 bits per heavy atom. The van der Waals surface area contributed by atoms with Gasteiger partial charge in [0.1, 0.15) is 0 Å². The lowest BCUT2D eigenvalue weighted by Gasteiger charge is -2.25. The number of hydrogen-bond acceptors (Lipinski definition) is 2. The van der Waals surface area contributed by atoms with Crippen molar-refractivity contribution in [2.45, 2.75) is 45.4 Å². The summed E-state index contributed by atoms with van der Waals surface area (Å²) in [4.78, 5) is 28.4. The molecule has 1 heterocycles. The van der Waals surface area contributed by atoms with E-state index in [-0.39, 0.29) is 11.8 Å². The minimum atomic E-state index is 0.0294. The zero-order chi connectivity index (χ0) is 16.2. The summed E-state index contributed by atoms with van der Waals surface area (Å²) < 4.78 is 0. The highest BCUT2D eigenvalue weighted by atomic mass is 16.2. The average Bonchev–Trinajstić information content (AvgIpc) is 2.75. The third kappa shape index (κ3) is 3.46. The van der Waals surface area contributed by atoms with Crippen LogP contribution < -0.4 is 9.80 Å². The molecule has 3 rings (SSSR count). The standard InChI is InChI=1S/C19H24N2O2/c1-15(22)20-12-7-13-21(18-11-6-5-10-17(18)20)19(23)14-16-8-3-2-4-9-16/h5-6,8,10-11H,2-4,7,9,12-14H2,1H3. The maximum absolute atomic E-state index is 12.8. The smallest absolute Gasteiger partial charge is 0.231 e. The third-order valence-corrected chi connectivity index (χ3v) is 4.67. The van der Waals surface area contributed by atoms with Crippen LogP contribution in [0.1, 0.15) is 45.4 Å². The molecule has 2 amide bonds. The predicted molar refractivity (Wildman–Crippen MR) is 92.6 cm³/mol. The maximum atomic E-state index is 12.8. The molecule has 0 bridgehead atoms. The van der Waals surface area contributed by atoms with Crippen LogP contribution in [0.15, 0.2) is 35.9 Å². The van der Waals surface area contributed by atoms with Gasteiger partial charge in [-0.1, -0.05) is 23.8 Å². The van der Waals surface area contributed by atoms with E-state index in [0.29, 0.717) is 19.5 Å². The van der Waals surface area contributed by atoms with Crippen molar-refractivity contribution in [1.29, 1.82) is 0 Å². The highest BCUT2D eigenvalue weighted by Crippen LogP contribution is 2.33. The minimum absolute atomic E-state index is 0.0294. The van der Waals surface area contributed by atoms with E-state index in [1.54, 1.807) is 11.8 Å². The van der Waals surface area contributed by atoms with Gasteiger partial charge in [-0.2, -0.15) is 0 Å². The average molecular weight is 312 g/mol. The Bertz CT molecular complexity index is 636. The van der Waals surface area contributed by atoms with E-state index >= 15 is 0 Å². The first-order valence-electron chi connectivity index (χ1n) is 8.52.